The van der Waals surface area contributed by atoms with Crippen LogP contribution >= 0.6 is 11.8 Å². The van der Waals surface area contributed by atoms with Crippen molar-refractivity contribution < 1.29 is 0 Å². The van der Waals surface area contributed by atoms with E-state index in [2.05, 4.69) is 72.4 Å². The van der Waals surface area contributed by atoms with Crippen molar-refractivity contribution in [3.8, 4) is 0 Å². The Labute approximate surface area is 120 Å². The summed E-state index contributed by atoms with van der Waals surface area (Å²) in [5.41, 5.74) is 2.87. The van der Waals surface area contributed by atoms with Crippen molar-refractivity contribution in [1.29, 1.82) is 0 Å². The third-order valence-corrected chi connectivity index (χ3v) is 5.51. The average Bonchev–Trinajstić information content (AvgIpc) is 3.00. The summed E-state index contributed by atoms with van der Waals surface area (Å²) >= 11 is 2.16. The second-order valence-electron chi connectivity index (χ2n) is 5.24. The predicted octanol–water partition coefficient (Wildman–Crippen LogP) is 5.45. The molecule has 0 nitrogen and oxygen atoms in total. The monoisotopic (exact) mass is 268 g/mol. The van der Waals surface area contributed by atoms with Gasteiger partial charge in [-0.05, 0) is 24.0 Å². The molecule has 2 aromatic rings. The van der Waals surface area contributed by atoms with Gasteiger partial charge in [-0.25, -0.2) is 0 Å². The van der Waals surface area contributed by atoms with Crippen LogP contribution in [0.2, 0.25) is 0 Å². The third kappa shape index (κ3) is 3.22. The first kappa shape index (κ1) is 12.8. The molecular formula is C18H20S. The van der Waals surface area contributed by atoms with E-state index in [9.17, 15) is 0 Å². The summed E-state index contributed by atoms with van der Waals surface area (Å²) in [7, 11) is 0. The van der Waals surface area contributed by atoms with E-state index in [1.54, 1.807) is 0 Å². The van der Waals surface area contributed by atoms with Gasteiger partial charge >= 0.3 is 0 Å². The van der Waals surface area contributed by atoms with E-state index in [-0.39, 0.29) is 0 Å². The average molecular weight is 268 g/mol. The summed E-state index contributed by atoms with van der Waals surface area (Å²) in [6.45, 7) is 0. The largest absolute Gasteiger partial charge is 0.146 e. The molecule has 1 fully saturated rings. The van der Waals surface area contributed by atoms with E-state index >= 15 is 0 Å². The van der Waals surface area contributed by atoms with Crippen molar-refractivity contribution in [2.75, 3.05) is 0 Å². The molecule has 3 rings (SSSR count). The van der Waals surface area contributed by atoms with Crippen LogP contribution in [0, 0.1) is 0 Å². The van der Waals surface area contributed by atoms with Gasteiger partial charge in [-0.3, -0.25) is 0 Å². The maximum Gasteiger partial charge on any atom is 0.0549 e. The third-order valence-electron chi connectivity index (χ3n) is 3.84. The molecule has 0 saturated heterocycles. The highest BCUT2D eigenvalue weighted by molar-refractivity contribution is 8.00. The molecule has 0 spiro atoms. The number of thioether (sulfide) groups is 1. The highest BCUT2D eigenvalue weighted by atomic mass is 32.2. The first-order valence-corrected chi connectivity index (χ1v) is 8.13. The molecule has 0 unspecified atom stereocenters. The van der Waals surface area contributed by atoms with Gasteiger partial charge in [0.05, 0.1) is 5.25 Å². The van der Waals surface area contributed by atoms with Crippen LogP contribution in [-0.4, -0.2) is 5.25 Å². The van der Waals surface area contributed by atoms with Gasteiger partial charge in [0.15, 0.2) is 0 Å². The van der Waals surface area contributed by atoms with Crippen LogP contribution < -0.4 is 0 Å². The Balaban J connectivity index is 1.87. The topological polar surface area (TPSA) is 0 Å². The normalized spacial score (nSPS) is 16.1. The van der Waals surface area contributed by atoms with Gasteiger partial charge in [-0.1, -0.05) is 73.5 Å². The summed E-state index contributed by atoms with van der Waals surface area (Å²) in [5, 5.41) is 1.33. The van der Waals surface area contributed by atoms with Gasteiger partial charge in [0, 0.05) is 5.25 Å². The summed E-state index contributed by atoms with van der Waals surface area (Å²) in [4.78, 5) is 0. The van der Waals surface area contributed by atoms with E-state index < -0.39 is 0 Å². The smallest absolute Gasteiger partial charge is 0.0549 e. The Bertz CT molecular complexity index is 446. The summed E-state index contributed by atoms with van der Waals surface area (Å²) in [5.74, 6) is 0. The van der Waals surface area contributed by atoms with Crippen LogP contribution in [0.3, 0.4) is 0 Å². The van der Waals surface area contributed by atoms with Crippen molar-refractivity contribution >= 4 is 11.8 Å². The first-order chi connectivity index (χ1) is 9.43. The molecule has 0 bridgehead atoms. The Morgan fingerprint density at radius 2 is 1.21 bits per heavy atom. The molecule has 0 heterocycles. The minimum Gasteiger partial charge on any atom is -0.146 e. The molecule has 98 valence electrons. The van der Waals surface area contributed by atoms with Crippen LogP contribution in [0.4, 0.5) is 0 Å². The van der Waals surface area contributed by atoms with Crippen LogP contribution in [0.1, 0.15) is 42.1 Å². The lowest BCUT2D eigenvalue weighted by molar-refractivity contribution is 0.886. The van der Waals surface area contributed by atoms with Gasteiger partial charge in [-0.2, -0.15) is 0 Å². The molecule has 0 N–H and O–H groups in total. The molecule has 0 radical (unpaired) electrons. The van der Waals surface area contributed by atoms with Crippen molar-refractivity contribution in [1.82, 2.24) is 0 Å². The zero-order valence-corrected chi connectivity index (χ0v) is 12.0. The van der Waals surface area contributed by atoms with Gasteiger partial charge in [0.25, 0.3) is 0 Å². The molecular weight excluding hydrogens is 248 g/mol. The van der Waals surface area contributed by atoms with Crippen LogP contribution in [0.5, 0.6) is 0 Å². The standard InChI is InChI=1S/C18H20S/c1-3-9-15(10-4-1)18(16-11-5-2-6-12-16)19-17-13-7-8-14-17/h1-6,9-12,17-18H,7-8,13-14H2. The second kappa shape index (κ2) is 6.29. The van der Waals surface area contributed by atoms with E-state index in [4.69, 9.17) is 0 Å². The van der Waals surface area contributed by atoms with Crippen LogP contribution in [0.25, 0.3) is 0 Å². The molecule has 0 atom stereocenters. The maximum absolute atomic E-state index is 2.26. The minimum atomic E-state index is 0.491. The SMILES string of the molecule is c1ccc(C(SC2CCCC2)c2ccccc2)cc1. The number of rotatable bonds is 4. The molecule has 0 aliphatic heterocycles. The van der Waals surface area contributed by atoms with Gasteiger partial charge in [0.2, 0.25) is 0 Å². The molecule has 1 saturated carbocycles. The second-order valence-corrected chi connectivity index (χ2v) is 6.65. The predicted molar refractivity (Wildman–Crippen MR) is 84.6 cm³/mol. The Hall–Kier alpha value is -1.21. The Morgan fingerprint density at radius 3 is 1.68 bits per heavy atom. The summed E-state index contributed by atoms with van der Waals surface area (Å²) in [6, 6.07) is 21.9. The number of hydrogen-bond donors (Lipinski definition) is 0. The molecule has 1 heteroatoms. The molecule has 19 heavy (non-hydrogen) atoms. The van der Waals surface area contributed by atoms with Crippen molar-refractivity contribution in [2.45, 2.75) is 36.2 Å². The van der Waals surface area contributed by atoms with Gasteiger partial charge < -0.3 is 0 Å². The summed E-state index contributed by atoms with van der Waals surface area (Å²) in [6.07, 6.45) is 5.60. The maximum atomic E-state index is 2.26. The Morgan fingerprint density at radius 1 is 0.737 bits per heavy atom. The van der Waals surface area contributed by atoms with Crippen LogP contribution in [-0.2, 0) is 0 Å². The molecule has 2 aromatic carbocycles. The fraction of sp³-hybridized carbons (Fsp3) is 0.333. The van der Waals surface area contributed by atoms with E-state index in [0.29, 0.717) is 5.25 Å². The van der Waals surface area contributed by atoms with Gasteiger partial charge in [-0.15, -0.1) is 11.8 Å². The molecule has 0 aromatic heterocycles. The van der Waals surface area contributed by atoms with E-state index in [1.807, 2.05) is 0 Å². The molecule has 1 aliphatic rings. The van der Waals surface area contributed by atoms with Crippen molar-refractivity contribution in [3.05, 3.63) is 71.8 Å². The highest BCUT2D eigenvalue weighted by Crippen LogP contribution is 2.43. The van der Waals surface area contributed by atoms with Crippen molar-refractivity contribution in [3.63, 3.8) is 0 Å². The van der Waals surface area contributed by atoms with Gasteiger partial charge in [0.1, 0.15) is 0 Å². The zero-order chi connectivity index (χ0) is 12.9. The number of benzene rings is 2. The molecule has 0 amide bonds. The fourth-order valence-corrected chi connectivity index (χ4v) is 4.44. The molecule has 1 aliphatic carbocycles. The van der Waals surface area contributed by atoms with Crippen LogP contribution in [0.15, 0.2) is 60.7 Å². The Kier molecular flexibility index (Phi) is 4.24. The number of hydrogen-bond acceptors (Lipinski definition) is 1. The highest BCUT2D eigenvalue weighted by Gasteiger charge is 2.22. The van der Waals surface area contributed by atoms with E-state index in [0.717, 1.165) is 5.25 Å². The minimum absolute atomic E-state index is 0.491. The quantitative estimate of drug-likeness (QED) is 0.710. The van der Waals surface area contributed by atoms with Crippen molar-refractivity contribution in [2.24, 2.45) is 0 Å². The lowest BCUT2D eigenvalue weighted by atomic mass is 10.0. The van der Waals surface area contributed by atoms with E-state index in [1.165, 1.54) is 36.8 Å². The lowest BCUT2D eigenvalue weighted by Crippen LogP contribution is -2.03. The lowest BCUT2D eigenvalue weighted by Gasteiger charge is -2.21. The zero-order valence-electron chi connectivity index (χ0n) is 11.2. The fourth-order valence-electron chi connectivity index (χ4n) is 2.82. The first-order valence-electron chi connectivity index (χ1n) is 7.19. The summed E-state index contributed by atoms with van der Waals surface area (Å²) < 4.78 is 0.